The largest absolute Gasteiger partial charge is 0.493 e. The zero-order valence-electron chi connectivity index (χ0n) is 16.0. The molecule has 0 saturated heterocycles. The van der Waals surface area contributed by atoms with Crippen LogP contribution in [0.25, 0.3) is 0 Å². The Morgan fingerprint density at radius 2 is 1.96 bits per heavy atom. The fourth-order valence-corrected chi connectivity index (χ4v) is 3.67. The van der Waals surface area contributed by atoms with E-state index in [0.717, 1.165) is 29.4 Å². The summed E-state index contributed by atoms with van der Waals surface area (Å²) in [6.07, 6.45) is 0.974. The molecule has 144 valence electrons. The van der Waals surface area contributed by atoms with Crippen LogP contribution in [0.4, 0.5) is 0 Å². The molecule has 0 aliphatic heterocycles. The minimum Gasteiger partial charge on any atom is -0.493 e. The lowest BCUT2D eigenvalue weighted by atomic mass is 10.2. The second-order valence-electron chi connectivity index (χ2n) is 5.84. The summed E-state index contributed by atoms with van der Waals surface area (Å²) in [5.74, 6) is 2.24. The maximum absolute atomic E-state index is 5.47. The predicted molar refractivity (Wildman–Crippen MR) is 121 cm³/mol. The van der Waals surface area contributed by atoms with Gasteiger partial charge < -0.3 is 20.1 Å². The van der Waals surface area contributed by atoms with Crippen molar-refractivity contribution in [2.24, 2.45) is 4.99 Å². The molecule has 0 saturated carbocycles. The average Bonchev–Trinajstić information content (AvgIpc) is 3.02. The second kappa shape index (κ2) is 11.3. The number of benzene rings is 1. The molecule has 0 amide bonds. The van der Waals surface area contributed by atoms with Crippen molar-refractivity contribution in [2.75, 3.05) is 21.3 Å². The number of para-hydroxylation sites is 1. The van der Waals surface area contributed by atoms with Gasteiger partial charge in [-0.1, -0.05) is 12.1 Å². The maximum atomic E-state index is 5.47. The molecule has 1 heterocycles. The molecule has 2 N–H and O–H groups in total. The van der Waals surface area contributed by atoms with Crippen LogP contribution in [0.3, 0.4) is 0 Å². The normalized spacial score (nSPS) is 12.1. The molecular formula is C19H28IN3O2S. The van der Waals surface area contributed by atoms with E-state index in [0.29, 0.717) is 6.54 Å². The highest BCUT2D eigenvalue weighted by Gasteiger charge is 2.11. The lowest BCUT2D eigenvalue weighted by Gasteiger charge is -2.18. The van der Waals surface area contributed by atoms with Crippen molar-refractivity contribution in [3.63, 3.8) is 0 Å². The number of rotatable bonds is 7. The van der Waals surface area contributed by atoms with Gasteiger partial charge in [-0.2, -0.15) is 0 Å². The second-order valence-corrected chi connectivity index (χ2v) is 7.21. The average molecular weight is 489 g/mol. The van der Waals surface area contributed by atoms with Gasteiger partial charge in [0.2, 0.25) is 0 Å². The van der Waals surface area contributed by atoms with E-state index in [1.807, 2.05) is 29.5 Å². The van der Waals surface area contributed by atoms with Crippen LogP contribution in [0.5, 0.6) is 11.5 Å². The molecule has 1 atom stereocenters. The molecule has 0 spiro atoms. The summed E-state index contributed by atoms with van der Waals surface area (Å²) in [5.41, 5.74) is 1.02. The molecule has 0 fully saturated rings. The summed E-state index contributed by atoms with van der Waals surface area (Å²) >= 11 is 1.84. The van der Waals surface area contributed by atoms with E-state index >= 15 is 0 Å². The third kappa shape index (κ3) is 6.35. The molecule has 7 heteroatoms. The van der Waals surface area contributed by atoms with Crippen LogP contribution in [0.1, 0.15) is 22.2 Å². The summed E-state index contributed by atoms with van der Waals surface area (Å²) < 4.78 is 10.8. The van der Waals surface area contributed by atoms with Gasteiger partial charge in [-0.05, 0) is 32.0 Å². The highest BCUT2D eigenvalue weighted by molar-refractivity contribution is 14.0. The van der Waals surface area contributed by atoms with Crippen LogP contribution in [0.15, 0.2) is 35.3 Å². The highest BCUT2D eigenvalue weighted by atomic mass is 127. The molecule has 5 nitrogen and oxygen atoms in total. The Balaban J connectivity index is 0.00000338. The Kier molecular flexibility index (Phi) is 9.79. The first-order valence-corrected chi connectivity index (χ1v) is 9.11. The van der Waals surface area contributed by atoms with E-state index in [1.165, 1.54) is 9.75 Å². The molecule has 0 aliphatic rings. The molecule has 1 unspecified atom stereocenters. The van der Waals surface area contributed by atoms with Crippen molar-refractivity contribution >= 4 is 41.3 Å². The summed E-state index contributed by atoms with van der Waals surface area (Å²) in [4.78, 5) is 7.03. The summed E-state index contributed by atoms with van der Waals surface area (Å²) in [6, 6.07) is 10.5. The minimum absolute atomic E-state index is 0. The SMILES string of the molecule is CN=C(NCc1cccc(OC)c1OC)NC(C)Cc1ccc(C)s1.I. The molecule has 0 radical (unpaired) electrons. The van der Waals surface area contributed by atoms with E-state index < -0.39 is 0 Å². The lowest BCUT2D eigenvalue weighted by molar-refractivity contribution is 0.351. The zero-order chi connectivity index (χ0) is 18.2. The number of methoxy groups -OCH3 is 2. The van der Waals surface area contributed by atoms with Gasteiger partial charge in [0.1, 0.15) is 0 Å². The number of halogens is 1. The van der Waals surface area contributed by atoms with Crippen LogP contribution in [0, 0.1) is 6.92 Å². The molecule has 26 heavy (non-hydrogen) atoms. The number of nitrogens with one attached hydrogen (secondary N) is 2. The predicted octanol–water partition coefficient (Wildman–Crippen LogP) is 3.99. The number of aryl methyl sites for hydroxylation is 1. The van der Waals surface area contributed by atoms with Gasteiger partial charge in [0, 0.05) is 41.4 Å². The van der Waals surface area contributed by atoms with Gasteiger partial charge in [0.25, 0.3) is 0 Å². The van der Waals surface area contributed by atoms with E-state index in [9.17, 15) is 0 Å². The molecule has 0 bridgehead atoms. The molecular weight excluding hydrogens is 461 g/mol. The topological polar surface area (TPSA) is 54.9 Å². The number of nitrogens with zero attached hydrogens (tertiary/aromatic N) is 1. The number of thiophene rings is 1. The molecule has 2 rings (SSSR count). The Morgan fingerprint density at radius 1 is 1.19 bits per heavy atom. The summed E-state index contributed by atoms with van der Waals surface area (Å²) in [5, 5.41) is 6.77. The van der Waals surface area contributed by atoms with E-state index in [-0.39, 0.29) is 30.0 Å². The Hall–Kier alpha value is -1.48. The third-order valence-corrected chi connectivity index (χ3v) is 4.86. The van der Waals surface area contributed by atoms with Crippen molar-refractivity contribution in [3.05, 3.63) is 45.6 Å². The first kappa shape index (κ1) is 22.6. The quantitative estimate of drug-likeness (QED) is 0.351. The van der Waals surface area contributed by atoms with Gasteiger partial charge in [0.15, 0.2) is 17.5 Å². The summed E-state index contributed by atoms with van der Waals surface area (Å²) in [6.45, 7) is 4.90. The maximum Gasteiger partial charge on any atom is 0.191 e. The highest BCUT2D eigenvalue weighted by Crippen LogP contribution is 2.30. The first-order valence-electron chi connectivity index (χ1n) is 8.29. The number of hydrogen-bond donors (Lipinski definition) is 2. The minimum atomic E-state index is 0. The Morgan fingerprint density at radius 3 is 2.54 bits per heavy atom. The van der Waals surface area contributed by atoms with Gasteiger partial charge in [0.05, 0.1) is 14.2 Å². The number of ether oxygens (including phenoxy) is 2. The van der Waals surface area contributed by atoms with Crippen molar-refractivity contribution in [1.82, 2.24) is 10.6 Å². The van der Waals surface area contributed by atoms with E-state index in [4.69, 9.17) is 9.47 Å². The van der Waals surface area contributed by atoms with E-state index in [1.54, 1.807) is 21.3 Å². The molecule has 2 aromatic rings. The van der Waals surface area contributed by atoms with Gasteiger partial charge in [-0.3, -0.25) is 4.99 Å². The van der Waals surface area contributed by atoms with Gasteiger partial charge >= 0.3 is 0 Å². The van der Waals surface area contributed by atoms with Crippen molar-refractivity contribution in [2.45, 2.75) is 32.9 Å². The Labute approximate surface area is 177 Å². The molecule has 1 aromatic carbocycles. The number of aliphatic imine (C=N–C) groups is 1. The zero-order valence-corrected chi connectivity index (χ0v) is 19.1. The van der Waals surface area contributed by atoms with Crippen LogP contribution in [-0.2, 0) is 13.0 Å². The standard InChI is InChI=1S/C19H27N3O2S.HI/c1-13(11-16-10-9-14(2)25-16)22-19(20-3)21-12-15-7-6-8-17(23-4)18(15)24-5;/h6-10,13H,11-12H2,1-5H3,(H2,20,21,22);1H. The van der Waals surface area contributed by atoms with Crippen LogP contribution < -0.4 is 20.1 Å². The molecule has 0 aliphatic carbocycles. The van der Waals surface area contributed by atoms with E-state index in [2.05, 4.69) is 41.6 Å². The smallest absolute Gasteiger partial charge is 0.191 e. The third-order valence-electron chi connectivity index (χ3n) is 3.84. The Bertz CT molecular complexity index is 719. The van der Waals surface area contributed by atoms with Gasteiger partial charge in [-0.15, -0.1) is 35.3 Å². The van der Waals surface area contributed by atoms with Crippen LogP contribution >= 0.6 is 35.3 Å². The monoisotopic (exact) mass is 489 g/mol. The van der Waals surface area contributed by atoms with Crippen molar-refractivity contribution < 1.29 is 9.47 Å². The summed E-state index contributed by atoms with van der Waals surface area (Å²) in [7, 11) is 5.07. The number of guanidine groups is 1. The molecule has 1 aromatic heterocycles. The number of hydrogen-bond acceptors (Lipinski definition) is 4. The van der Waals surface area contributed by atoms with Gasteiger partial charge in [-0.25, -0.2) is 0 Å². The van der Waals surface area contributed by atoms with Crippen molar-refractivity contribution in [3.8, 4) is 11.5 Å². The van der Waals surface area contributed by atoms with Crippen molar-refractivity contribution in [1.29, 1.82) is 0 Å². The van der Waals surface area contributed by atoms with Crippen LogP contribution in [-0.4, -0.2) is 33.3 Å². The van der Waals surface area contributed by atoms with Crippen LogP contribution in [0.2, 0.25) is 0 Å². The lowest BCUT2D eigenvalue weighted by Crippen LogP contribution is -2.42. The fraction of sp³-hybridized carbons (Fsp3) is 0.421. The fourth-order valence-electron chi connectivity index (χ4n) is 2.65. The first-order chi connectivity index (χ1) is 12.1.